The first-order chi connectivity index (χ1) is 7.22. The van der Waals surface area contributed by atoms with Crippen LogP contribution in [0.1, 0.15) is 32.1 Å². The molecule has 0 N–H and O–H groups in total. The number of fused-ring (bicyclic) bond motifs is 2. The summed E-state index contributed by atoms with van der Waals surface area (Å²) in [6, 6.07) is 1.33. The van der Waals surface area contributed by atoms with Crippen molar-refractivity contribution in [3.63, 3.8) is 0 Å². The number of ketones is 1. The van der Waals surface area contributed by atoms with Crippen LogP contribution < -0.4 is 0 Å². The molecule has 0 aromatic heterocycles. The van der Waals surface area contributed by atoms with Crippen LogP contribution in [-0.4, -0.2) is 43.5 Å². The van der Waals surface area contributed by atoms with E-state index in [9.17, 15) is 4.79 Å². The van der Waals surface area contributed by atoms with Crippen LogP contribution >= 0.6 is 0 Å². The highest BCUT2D eigenvalue weighted by molar-refractivity contribution is 5.81. The van der Waals surface area contributed by atoms with Gasteiger partial charge in [0.1, 0.15) is 5.78 Å². The average Bonchev–Trinajstić information content (AvgIpc) is 2.49. The lowest BCUT2D eigenvalue weighted by Gasteiger charge is -2.35. The van der Waals surface area contributed by atoms with E-state index in [1.54, 1.807) is 7.11 Å². The van der Waals surface area contributed by atoms with Gasteiger partial charge in [-0.25, -0.2) is 0 Å². The quantitative estimate of drug-likeness (QED) is 0.705. The second kappa shape index (κ2) is 4.62. The minimum absolute atomic E-state index is 0.314. The van der Waals surface area contributed by atoms with Crippen LogP contribution in [0.25, 0.3) is 0 Å². The van der Waals surface area contributed by atoms with E-state index >= 15 is 0 Å². The summed E-state index contributed by atoms with van der Waals surface area (Å²) < 4.78 is 4.96. The van der Waals surface area contributed by atoms with E-state index in [-0.39, 0.29) is 0 Å². The number of rotatable bonds is 4. The molecule has 0 amide bonds. The molecule has 0 aromatic rings. The van der Waals surface area contributed by atoms with Crippen LogP contribution in [0, 0.1) is 5.92 Å². The Kier molecular flexibility index (Phi) is 3.42. The van der Waals surface area contributed by atoms with E-state index in [1.807, 2.05) is 0 Å². The summed E-state index contributed by atoms with van der Waals surface area (Å²) in [6.45, 7) is 0.584. The Morgan fingerprint density at radius 3 is 2.47 bits per heavy atom. The Balaban J connectivity index is 1.88. The maximum atomic E-state index is 11.9. The van der Waals surface area contributed by atoms with Gasteiger partial charge in [0, 0.05) is 31.5 Å². The molecule has 2 fully saturated rings. The number of hydrogen-bond donors (Lipinski definition) is 0. The number of Topliss-reactive ketones (excluding diaryl/α,β-unsaturated/α-hetero) is 1. The Labute approximate surface area is 91.8 Å². The summed E-state index contributed by atoms with van der Waals surface area (Å²) in [5.74, 6) is 0.732. The van der Waals surface area contributed by atoms with Crippen molar-refractivity contribution in [1.29, 1.82) is 0 Å². The molecule has 2 aliphatic rings. The smallest absolute Gasteiger partial charge is 0.138 e. The zero-order valence-corrected chi connectivity index (χ0v) is 9.74. The van der Waals surface area contributed by atoms with Crippen molar-refractivity contribution in [2.24, 2.45) is 5.92 Å². The number of methoxy groups -OCH3 is 1. The number of ether oxygens (including phenoxy) is 1. The van der Waals surface area contributed by atoms with Crippen LogP contribution in [0.2, 0.25) is 0 Å². The standard InChI is InChI=1S/C12H21NO2/c1-13-10-3-4-11(13)8-9(7-10)12(14)5-6-15-2/h9-11H,3-8H2,1-2H3. The largest absolute Gasteiger partial charge is 0.384 e. The van der Waals surface area contributed by atoms with Crippen molar-refractivity contribution in [2.45, 2.75) is 44.2 Å². The molecule has 0 saturated carbocycles. The molecule has 2 saturated heterocycles. The fourth-order valence-electron chi connectivity index (χ4n) is 3.08. The molecule has 3 nitrogen and oxygen atoms in total. The lowest BCUT2D eigenvalue weighted by atomic mass is 9.86. The number of carbonyl (C=O) groups excluding carboxylic acids is 1. The highest BCUT2D eigenvalue weighted by Gasteiger charge is 2.40. The predicted molar refractivity (Wildman–Crippen MR) is 58.8 cm³/mol. The molecular weight excluding hydrogens is 190 g/mol. The van der Waals surface area contributed by atoms with Crippen LogP contribution in [0.15, 0.2) is 0 Å². The zero-order valence-electron chi connectivity index (χ0n) is 9.74. The summed E-state index contributed by atoms with van der Waals surface area (Å²) in [5.41, 5.74) is 0. The molecule has 15 heavy (non-hydrogen) atoms. The second-order valence-corrected chi connectivity index (χ2v) is 4.93. The molecule has 0 aliphatic carbocycles. The van der Waals surface area contributed by atoms with Gasteiger partial charge in [-0.15, -0.1) is 0 Å². The first-order valence-electron chi connectivity index (χ1n) is 5.96. The van der Waals surface area contributed by atoms with Gasteiger partial charge in [-0.05, 0) is 32.7 Å². The van der Waals surface area contributed by atoms with E-state index in [2.05, 4.69) is 11.9 Å². The average molecular weight is 211 g/mol. The van der Waals surface area contributed by atoms with Crippen molar-refractivity contribution in [3.05, 3.63) is 0 Å². The topological polar surface area (TPSA) is 29.5 Å². The van der Waals surface area contributed by atoms with Crippen LogP contribution in [-0.2, 0) is 9.53 Å². The second-order valence-electron chi connectivity index (χ2n) is 4.93. The normalized spacial score (nSPS) is 35.7. The monoisotopic (exact) mass is 211 g/mol. The summed E-state index contributed by atoms with van der Waals surface area (Å²) in [4.78, 5) is 14.4. The third-order valence-corrected chi connectivity index (χ3v) is 4.11. The van der Waals surface area contributed by atoms with Crippen molar-refractivity contribution >= 4 is 5.78 Å². The third-order valence-electron chi connectivity index (χ3n) is 4.11. The SMILES string of the molecule is COCCC(=O)C1CC2CCC(C1)N2C. The molecule has 2 rings (SSSR count). The molecule has 2 heterocycles. The van der Waals surface area contributed by atoms with Gasteiger partial charge in [-0.2, -0.15) is 0 Å². The van der Waals surface area contributed by atoms with Crippen LogP contribution in [0.4, 0.5) is 0 Å². The van der Waals surface area contributed by atoms with Gasteiger partial charge < -0.3 is 9.64 Å². The van der Waals surface area contributed by atoms with Gasteiger partial charge in [0.25, 0.3) is 0 Å². The van der Waals surface area contributed by atoms with Crippen LogP contribution in [0.3, 0.4) is 0 Å². The molecule has 2 aliphatic heterocycles. The first-order valence-corrected chi connectivity index (χ1v) is 5.96. The summed E-state index contributed by atoms with van der Waals surface area (Å²) in [7, 11) is 3.86. The summed E-state index contributed by atoms with van der Waals surface area (Å²) in [5, 5.41) is 0. The van der Waals surface area contributed by atoms with E-state index in [4.69, 9.17) is 4.74 Å². The number of nitrogens with zero attached hydrogens (tertiary/aromatic N) is 1. The van der Waals surface area contributed by atoms with Gasteiger partial charge in [-0.1, -0.05) is 0 Å². The van der Waals surface area contributed by atoms with Gasteiger partial charge in [0.15, 0.2) is 0 Å². The molecule has 3 heteroatoms. The fourth-order valence-corrected chi connectivity index (χ4v) is 3.08. The van der Waals surface area contributed by atoms with Crippen molar-refractivity contribution in [3.8, 4) is 0 Å². The minimum atomic E-state index is 0.314. The number of piperidine rings is 1. The van der Waals surface area contributed by atoms with Gasteiger partial charge >= 0.3 is 0 Å². The Morgan fingerprint density at radius 2 is 1.93 bits per heavy atom. The highest BCUT2D eigenvalue weighted by atomic mass is 16.5. The lowest BCUT2D eigenvalue weighted by molar-refractivity contribution is -0.125. The third kappa shape index (κ3) is 2.23. The van der Waals surface area contributed by atoms with Crippen LogP contribution in [0.5, 0.6) is 0 Å². The van der Waals surface area contributed by atoms with Crippen molar-refractivity contribution < 1.29 is 9.53 Å². The Morgan fingerprint density at radius 1 is 1.33 bits per heavy atom. The van der Waals surface area contributed by atoms with Crippen molar-refractivity contribution in [2.75, 3.05) is 20.8 Å². The highest BCUT2D eigenvalue weighted by Crippen LogP contribution is 2.37. The van der Waals surface area contributed by atoms with E-state index < -0.39 is 0 Å². The molecule has 0 spiro atoms. The molecule has 2 unspecified atom stereocenters. The molecule has 2 atom stereocenters. The molecule has 0 aromatic carbocycles. The zero-order chi connectivity index (χ0) is 10.8. The number of hydrogen-bond acceptors (Lipinski definition) is 3. The molecule has 0 radical (unpaired) electrons. The number of carbonyl (C=O) groups is 1. The molecule has 2 bridgehead atoms. The van der Waals surface area contributed by atoms with E-state index in [0.717, 1.165) is 12.8 Å². The van der Waals surface area contributed by atoms with E-state index in [1.165, 1.54) is 12.8 Å². The summed E-state index contributed by atoms with van der Waals surface area (Å²) in [6.07, 6.45) is 5.33. The first kappa shape index (κ1) is 11.1. The fraction of sp³-hybridized carbons (Fsp3) is 0.917. The van der Waals surface area contributed by atoms with Gasteiger partial charge in [-0.3, -0.25) is 4.79 Å². The predicted octanol–water partition coefficient (Wildman–Crippen LogP) is 1.46. The van der Waals surface area contributed by atoms with Gasteiger partial charge in [0.05, 0.1) is 6.61 Å². The molecule has 86 valence electrons. The maximum Gasteiger partial charge on any atom is 0.138 e. The van der Waals surface area contributed by atoms with Gasteiger partial charge in [0.2, 0.25) is 0 Å². The lowest BCUT2D eigenvalue weighted by Crippen LogP contribution is -2.42. The maximum absolute atomic E-state index is 11.9. The van der Waals surface area contributed by atoms with Crippen molar-refractivity contribution in [1.82, 2.24) is 4.90 Å². The Bertz CT molecular complexity index is 228. The van der Waals surface area contributed by atoms with E-state index in [0.29, 0.717) is 36.8 Å². The minimum Gasteiger partial charge on any atom is -0.384 e. The molecular formula is C12H21NO2. The Hall–Kier alpha value is -0.410. The summed E-state index contributed by atoms with van der Waals surface area (Å²) >= 11 is 0.